The van der Waals surface area contributed by atoms with E-state index in [2.05, 4.69) is 15.6 Å². The topological polar surface area (TPSA) is 73.3 Å². The van der Waals surface area contributed by atoms with Crippen LogP contribution in [-0.4, -0.2) is 39.6 Å². The Morgan fingerprint density at radius 2 is 1.76 bits per heavy atom. The number of benzene rings is 2. The van der Waals surface area contributed by atoms with Gasteiger partial charge in [-0.25, -0.2) is 0 Å². The summed E-state index contributed by atoms with van der Waals surface area (Å²) in [6.07, 6.45) is 0.779. The van der Waals surface area contributed by atoms with Crippen molar-refractivity contribution >= 4 is 41.5 Å². The summed E-state index contributed by atoms with van der Waals surface area (Å²) in [5, 5.41) is 7.19. The van der Waals surface area contributed by atoms with Crippen LogP contribution in [0.5, 0.6) is 23.0 Å². The van der Waals surface area contributed by atoms with Crippen molar-refractivity contribution < 1.29 is 18.9 Å². The molecule has 29 heavy (non-hydrogen) atoms. The predicted molar refractivity (Wildman–Crippen MR) is 122 cm³/mol. The molecule has 2 N–H and O–H groups in total. The lowest BCUT2D eigenvalue weighted by molar-refractivity contribution is 0.171. The fourth-order valence-corrected chi connectivity index (χ4v) is 3.38. The SMILES string of the molecule is CN=C(NCCc1cc(Cl)c2c(c1)OCCO2)NCc1ccc2c(c1)OCO2.I. The number of guanidine groups is 1. The number of rotatable bonds is 5. The van der Waals surface area contributed by atoms with Crippen LogP contribution in [0.25, 0.3) is 0 Å². The lowest BCUT2D eigenvalue weighted by Gasteiger charge is -2.20. The number of aliphatic imine (C=N–C) groups is 1. The molecule has 9 heteroatoms. The van der Waals surface area contributed by atoms with Crippen LogP contribution in [0.15, 0.2) is 35.3 Å². The maximum Gasteiger partial charge on any atom is 0.231 e. The maximum atomic E-state index is 6.29. The Morgan fingerprint density at radius 1 is 0.966 bits per heavy atom. The minimum absolute atomic E-state index is 0. The normalized spacial score (nSPS) is 14.2. The first-order chi connectivity index (χ1) is 13.7. The highest BCUT2D eigenvalue weighted by molar-refractivity contribution is 14.0. The van der Waals surface area contributed by atoms with Gasteiger partial charge in [0.2, 0.25) is 6.79 Å². The summed E-state index contributed by atoms with van der Waals surface area (Å²) < 4.78 is 21.9. The van der Waals surface area contributed by atoms with E-state index in [1.54, 1.807) is 7.05 Å². The summed E-state index contributed by atoms with van der Waals surface area (Å²) in [7, 11) is 1.75. The molecule has 0 spiro atoms. The number of ether oxygens (including phenoxy) is 4. The van der Waals surface area contributed by atoms with E-state index in [1.165, 1.54) is 0 Å². The molecule has 0 saturated heterocycles. The summed E-state index contributed by atoms with van der Waals surface area (Å²) in [6.45, 7) is 2.68. The maximum absolute atomic E-state index is 6.29. The van der Waals surface area contributed by atoms with E-state index in [9.17, 15) is 0 Å². The molecule has 0 bridgehead atoms. The van der Waals surface area contributed by atoms with Crippen molar-refractivity contribution in [1.29, 1.82) is 0 Å². The molecule has 0 radical (unpaired) electrons. The minimum Gasteiger partial charge on any atom is -0.486 e. The van der Waals surface area contributed by atoms with Gasteiger partial charge in [-0.1, -0.05) is 17.7 Å². The molecule has 2 aromatic rings. The predicted octanol–water partition coefficient (Wildman–Crippen LogP) is 3.37. The summed E-state index contributed by atoms with van der Waals surface area (Å²) in [5.74, 6) is 3.62. The number of nitrogens with one attached hydrogen (secondary N) is 2. The van der Waals surface area contributed by atoms with Gasteiger partial charge in [-0.15, -0.1) is 24.0 Å². The second-order valence-corrected chi connectivity index (χ2v) is 6.80. The molecule has 0 saturated carbocycles. The standard InChI is InChI=1S/C20H22ClN3O4.HI/c1-22-20(24-11-14-2-3-16-17(10-14)28-12-27-16)23-5-4-13-8-15(21)19-18(9-13)25-6-7-26-19;/h2-3,8-10H,4-7,11-12H2,1H3,(H2,22,23,24);1H. The molecule has 0 amide bonds. The average Bonchev–Trinajstić information content (AvgIpc) is 3.18. The summed E-state index contributed by atoms with van der Waals surface area (Å²) >= 11 is 6.29. The minimum atomic E-state index is 0. The summed E-state index contributed by atoms with van der Waals surface area (Å²) in [6, 6.07) is 9.79. The van der Waals surface area contributed by atoms with Gasteiger partial charge in [0.25, 0.3) is 0 Å². The van der Waals surface area contributed by atoms with Crippen LogP contribution < -0.4 is 29.6 Å². The van der Waals surface area contributed by atoms with Crippen LogP contribution in [0.4, 0.5) is 0 Å². The van der Waals surface area contributed by atoms with Crippen molar-refractivity contribution in [2.24, 2.45) is 4.99 Å². The number of nitrogens with zero attached hydrogens (tertiary/aromatic N) is 1. The van der Waals surface area contributed by atoms with Crippen molar-refractivity contribution in [2.45, 2.75) is 13.0 Å². The molecule has 2 heterocycles. The highest BCUT2D eigenvalue weighted by atomic mass is 127. The van der Waals surface area contributed by atoms with Crippen molar-refractivity contribution in [3.8, 4) is 23.0 Å². The Morgan fingerprint density at radius 3 is 2.62 bits per heavy atom. The monoisotopic (exact) mass is 531 g/mol. The van der Waals surface area contributed by atoms with Crippen molar-refractivity contribution in [2.75, 3.05) is 33.6 Å². The van der Waals surface area contributed by atoms with Crippen LogP contribution >= 0.6 is 35.6 Å². The number of fused-ring (bicyclic) bond motifs is 2. The molecule has 0 aliphatic carbocycles. The third-order valence-corrected chi connectivity index (χ3v) is 4.76. The van der Waals surface area contributed by atoms with Crippen LogP contribution in [0.1, 0.15) is 11.1 Å². The van der Waals surface area contributed by atoms with Crippen molar-refractivity contribution in [3.63, 3.8) is 0 Å². The summed E-state index contributed by atoms with van der Waals surface area (Å²) in [4.78, 5) is 4.26. The van der Waals surface area contributed by atoms with Gasteiger partial charge in [0.15, 0.2) is 29.0 Å². The van der Waals surface area contributed by atoms with Crippen LogP contribution in [0, 0.1) is 0 Å². The van der Waals surface area contributed by atoms with Gasteiger partial charge in [-0.3, -0.25) is 4.99 Å². The molecule has 2 aromatic carbocycles. The molecule has 156 valence electrons. The Balaban J connectivity index is 0.00000240. The molecule has 4 rings (SSSR count). The van der Waals surface area contributed by atoms with E-state index in [1.807, 2.05) is 30.3 Å². The van der Waals surface area contributed by atoms with Gasteiger partial charge in [0.1, 0.15) is 13.2 Å². The molecule has 0 unspecified atom stereocenters. The fourth-order valence-electron chi connectivity index (χ4n) is 3.09. The molecule has 0 fully saturated rings. The second-order valence-electron chi connectivity index (χ2n) is 6.39. The Hall–Kier alpha value is -2.07. The smallest absolute Gasteiger partial charge is 0.231 e. The number of hydrogen-bond donors (Lipinski definition) is 2. The fraction of sp³-hybridized carbons (Fsp3) is 0.350. The van der Waals surface area contributed by atoms with Crippen molar-refractivity contribution in [1.82, 2.24) is 10.6 Å². The quantitative estimate of drug-likeness (QED) is 0.350. The van der Waals surface area contributed by atoms with Gasteiger partial charge < -0.3 is 29.6 Å². The zero-order chi connectivity index (χ0) is 19.3. The first-order valence-corrected chi connectivity index (χ1v) is 9.52. The molecule has 2 aliphatic rings. The van der Waals surface area contributed by atoms with E-state index in [0.29, 0.717) is 42.8 Å². The lowest BCUT2D eigenvalue weighted by Crippen LogP contribution is -2.37. The van der Waals surface area contributed by atoms with Crippen LogP contribution in [0.3, 0.4) is 0 Å². The molecule has 0 aromatic heterocycles. The lowest BCUT2D eigenvalue weighted by atomic mass is 10.1. The van der Waals surface area contributed by atoms with Gasteiger partial charge in [-0.05, 0) is 41.8 Å². The Bertz CT molecular complexity index is 894. The highest BCUT2D eigenvalue weighted by Crippen LogP contribution is 2.38. The number of halogens is 2. The zero-order valence-corrected chi connectivity index (χ0v) is 19.1. The Labute approximate surface area is 191 Å². The zero-order valence-electron chi connectivity index (χ0n) is 16.0. The third-order valence-electron chi connectivity index (χ3n) is 4.48. The largest absolute Gasteiger partial charge is 0.486 e. The van der Waals surface area contributed by atoms with Gasteiger partial charge in [0, 0.05) is 20.1 Å². The van der Waals surface area contributed by atoms with Crippen LogP contribution in [0.2, 0.25) is 5.02 Å². The van der Waals surface area contributed by atoms with Crippen LogP contribution in [-0.2, 0) is 13.0 Å². The van der Waals surface area contributed by atoms with E-state index < -0.39 is 0 Å². The van der Waals surface area contributed by atoms with E-state index in [-0.39, 0.29) is 30.8 Å². The highest BCUT2D eigenvalue weighted by Gasteiger charge is 2.16. The summed E-state index contributed by atoms with van der Waals surface area (Å²) in [5.41, 5.74) is 2.17. The van der Waals surface area contributed by atoms with E-state index >= 15 is 0 Å². The number of hydrogen-bond acceptors (Lipinski definition) is 5. The molecule has 2 aliphatic heterocycles. The molecular weight excluding hydrogens is 509 g/mol. The van der Waals surface area contributed by atoms with E-state index in [4.69, 9.17) is 30.5 Å². The van der Waals surface area contributed by atoms with Gasteiger partial charge in [0.05, 0.1) is 5.02 Å². The first kappa shape index (κ1) is 21.6. The van der Waals surface area contributed by atoms with Gasteiger partial charge in [-0.2, -0.15) is 0 Å². The molecule has 0 atom stereocenters. The average molecular weight is 532 g/mol. The second kappa shape index (κ2) is 10.1. The first-order valence-electron chi connectivity index (χ1n) is 9.14. The Kier molecular flexibility index (Phi) is 7.54. The van der Waals surface area contributed by atoms with E-state index in [0.717, 1.165) is 35.0 Å². The third kappa shape index (κ3) is 5.30. The van der Waals surface area contributed by atoms with Crippen molar-refractivity contribution in [3.05, 3.63) is 46.5 Å². The van der Waals surface area contributed by atoms with Gasteiger partial charge >= 0.3 is 0 Å². The molecular formula is C20H23ClIN3O4. The molecule has 7 nitrogen and oxygen atoms in total.